The van der Waals surface area contributed by atoms with Crippen LogP contribution in [0.2, 0.25) is 0 Å². The maximum absolute atomic E-state index is 11.0. The Morgan fingerprint density at radius 3 is 2.50 bits per heavy atom. The number of hydrogen-bond acceptors (Lipinski definition) is 4. The molecule has 5 nitrogen and oxygen atoms in total. The van der Waals surface area contributed by atoms with E-state index in [1.165, 1.54) is 17.3 Å². The van der Waals surface area contributed by atoms with Gasteiger partial charge in [0.2, 0.25) is 0 Å². The molecule has 0 bridgehead atoms. The first-order valence-corrected chi connectivity index (χ1v) is 8.10. The monoisotopic (exact) mass is 283 g/mol. The van der Waals surface area contributed by atoms with Crippen LogP contribution < -0.4 is 5.43 Å². The van der Waals surface area contributed by atoms with Crippen LogP contribution in [0.25, 0.3) is 0 Å². The average molecular weight is 283 g/mol. The third-order valence-electron chi connectivity index (χ3n) is 2.27. The molecule has 2 rings (SSSR count). The second kappa shape index (κ2) is 5.11. The van der Waals surface area contributed by atoms with Crippen molar-refractivity contribution >= 4 is 32.7 Å². The molecule has 0 saturated carbocycles. The molecule has 1 N–H and O–H groups in total. The second-order valence-corrected chi connectivity index (χ2v) is 6.57. The molecule has 0 spiro atoms. The van der Waals surface area contributed by atoms with E-state index in [1.54, 1.807) is 0 Å². The zero-order valence-corrected chi connectivity index (χ0v) is 11.7. The summed E-state index contributed by atoms with van der Waals surface area (Å²) in [6.07, 6.45) is 1.06. The van der Waals surface area contributed by atoms with Crippen LogP contribution in [-0.4, -0.2) is 31.3 Å². The predicted molar refractivity (Wildman–Crippen MR) is 75.6 cm³/mol. The van der Waals surface area contributed by atoms with E-state index in [-0.39, 0.29) is 0 Å². The molecule has 1 aromatic rings. The van der Waals surface area contributed by atoms with Crippen LogP contribution in [0.15, 0.2) is 33.8 Å². The Morgan fingerprint density at radius 1 is 1.33 bits per heavy atom. The van der Waals surface area contributed by atoms with Crippen LogP contribution in [0, 0.1) is 6.92 Å². The van der Waals surface area contributed by atoms with Crippen molar-refractivity contribution in [2.45, 2.75) is 6.92 Å². The van der Waals surface area contributed by atoms with Gasteiger partial charge in [-0.25, -0.2) is 8.42 Å². The van der Waals surface area contributed by atoms with Crippen LogP contribution in [0.1, 0.15) is 11.1 Å². The fraction of sp³-hybridized carbons (Fsp3) is 0.273. The lowest BCUT2D eigenvalue weighted by Gasteiger charge is -2.14. The Bertz CT molecular complexity index is 604. The Kier molecular flexibility index (Phi) is 3.72. The van der Waals surface area contributed by atoms with Gasteiger partial charge < -0.3 is 0 Å². The van der Waals surface area contributed by atoms with Gasteiger partial charge in [-0.2, -0.15) is 5.10 Å². The summed E-state index contributed by atoms with van der Waals surface area (Å²) in [5, 5.41) is 4.46. The molecule has 1 heterocycles. The molecule has 0 fully saturated rings. The summed E-state index contributed by atoms with van der Waals surface area (Å²) in [7, 11) is -3.38. The number of hydrazone groups is 1. The number of rotatable bonds is 2. The fourth-order valence-electron chi connectivity index (χ4n) is 1.41. The van der Waals surface area contributed by atoms with Gasteiger partial charge in [0.25, 0.3) is 10.0 Å². The van der Waals surface area contributed by atoms with Crippen molar-refractivity contribution in [3.63, 3.8) is 0 Å². The summed E-state index contributed by atoms with van der Waals surface area (Å²) in [5.74, 6) is 0.602. The summed E-state index contributed by atoms with van der Waals surface area (Å²) in [4.78, 5) is 0. The molecule has 7 heteroatoms. The van der Waals surface area contributed by atoms with Crippen molar-refractivity contribution in [1.29, 1.82) is 0 Å². The van der Waals surface area contributed by atoms with E-state index in [0.29, 0.717) is 10.9 Å². The maximum Gasteiger partial charge on any atom is 0.252 e. The normalized spacial score (nSPS) is 18.3. The number of amidine groups is 1. The Hall–Kier alpha value is -1.34. The molecule has 1 aromatic carbocycles. The Morgan fingerprint density at radius 2 is 2.00 bits per heavy atom. The molecule has 96 valence electrons. The number of nitrogens with one attached hydrogen (secondary N) is 1. The van der Waals surface area contributed by atoms with Crippen LogP contribution in [0.3, 0.4) is 0 Å². The van der Waals surface area contributed by atoms with Gasteiger partial charge in [-0.3, -0.25) is 5.43 Å². The van der Waals surface area contributed by atoms with Gasteiger partial charge in [-0.1, -0.05) is 41.6 Å². The van der Waals surface area contributed by atoms with Gasteiger partial charge >= 0.3 is 0 Å². The Balaban J connectivity index is 2.16. The lowest BCUT2D eigenvalue weighted by molar-refractivity contribution is 0.603. The number of aryl methyl sites for hydroxylation is 1. The van der Waals surface area contributed by atoms with E-state index in [9.17, 15) is 8.42 Å². The quantitative estimate of drug-likeness (QED) is 0.889. The minimum absolute atomic E-state index is 0.313. The molecular formula is C11H13N3O2S2. The molecule has 0 unspecified atom stereocenters. The molecule has 0 radical (unpaired) electrons. The number of thioether (sulfide) groups is 1. The highest BCUT2D eigenvalue weighted by Crippen LogP contribution is 2.14. The summed E-state index contributed by atoms with van der Waals surface area (Å²) in [6.45, 7) is 2.02. The summed E-state index contributed by atoms with van der Waals surface area (Å²) in [6, 6.07) is 8.02. The first-order chi connectivity index (χ1) is 8.44. The van der Waals surface area contributed by atoms with E-state index in [4.69, 9.17) is 0 Å². The van der Waals surface area contributed by atoms with E-state index in [0.717, 1.165) is 17.5 Å². The van der Waals surface area contributed by atoms with Crippen LogP contribution >= 0.6 is 11.8 Å². The van der Waals surface area contributed by atoms with E-state index < -0.39 is 10.0 Å². The minimum Gasteiger partial charge on any atom is -0.255 e. The lowest BCUT2D eigenvalue weighted by Crippen LogP contribution is -2.26. The highest BCUT2D eigenvalue weighted by atomic mass is 32.2. The van der Waals surface area contributed by atoms with Crippen molar-refractivity contribution in [1.82, 2.24) is 5.43 Å². The molecule has 0 amide bonds. The second-order valence-electron chi connectivity index (χ2n) is 3.95. The third kappa shape index (κ3) is 3.58. The van der Waals surface area contributed by atoms with Gasteiger partial charge in [-0.05, 0) is 12.5 Å². The van der Waals surface area contributed by atoms with Gasteiger partial charge in [0.15, 0.2) is 5.17 Å². The highest BCUT2D eigenvalue weighted by molar-refractivity contribution is 8.15. The first-order valence-electron chi connectivity index (χ1n) is 5.26. The van der Waals surface area contributed by atoms with Crippen LogP contribution in [0.4, 0.5) is 0 Å². The predicted octanol–water partition coefficient (Wildman–Crippen LogP) is 1.35. The van der Waals surface area contributed by atoms with E-state index in [2.05, 4.69) is 14.9 Å². The standard InChI is InChI=1S/C11H13N3O2S2/c1-8-3-5-9(6-4-8)10-7-17-11(13-12-10)14-18(2,15)16/h3-6H,7H2,1-2H3,(H,13,14). The van der Waals surface area contributed by atoms with Gasteiger partial charge in [0, 0.05) is 5.75 Å². The number of nitrogens with zero attached hydrogens (tertiary/aromatic N) is 2. The molecular weight excluding hydrogens is 270 g/mol. The van der Waals surface area contributed by atoms with Crippen molar-refractivity contribution in [2.24, 2.45) is 9.50 Å². The summed E-state index contributed by atoms with van der Waals surface area (Å²) in [5.41, 5.74) is 5.76. The smallest absolute Gasteiger partial charge is 0.252 e. The van der Waals surface area contributed by atoms with E-state index in [1.807, 2.05) is 31.2 Å². The molecule has 0 saturated heterocycles. The molecule has 0 aromatic heterocycles. The maximum atomic E-state index is 11.0. The van der Waals surface area contributed by atoms with Gasteiger partial charge in [0.05, 0.1) is 12.0 Å². The lowest BCUT2D eigenvalue weighted by atomic mass is 10.1. The molecule has 0 atom stereocenters. The average Bonchev–Trinajstić information content (AvgIpc) is 2.29. The first kappa shape index (κ1) is 13.1. The van der Waals surface area contributed by atoms with Gasteiger partial charge in [0.1, 0.15) is 0 Å². The highest BCUT2D eigenvalue weighted by Gasteiger charge is 2.14. The molecule has 0 aliphatic carbocycles. The van der Waals surface area contributed by atoms with Gasteiger partial charge in [-0.15, -0.1) is 4.40 Å². The number of hydrogen-bond donors (Lipinski definition) is 1. The zero-order valence-electron chi connectivity index (χ0n) is 10.0. The topological polar surface area (TPSA) is 70.9 Å². The van der Waals surface area contributed by atoms with Crippen LogP contribution in [0.5, 0.6) is 0 Å². The molecule has 1 aliphatic rings. The third-order valence-corrected chi connectivity index (χ3v) is 3.77. The number of benzene rings is 1. The molecule has 18 heavy (non-hydrogen) atoms. The van der Waals surface area contributed by atoms with E-state index >= 15 is 0 Å². The van der Waals surface area contributed by atoms with Crippen molar-refractivity contribution in [3.8, 4) is 0 Å². The summed E-state index contributed by atoms with van der Waals surface area (Å²) < 4.78 is 25.5. The number of sulfonamides is 1. The minimum atomic E-state index is -3.38. The van der Waals surface area contributed by atoms with Crippen LogP contribution in [-0.2, 0) is 10.0 Å². The zero-order chi connectivity index (χ0) is 13.2. The van der Waals surface area contributed by atoms with Crippen molar-refractivity contribution in [3.05, 3.63) is 35.4 Å². The van der Waals surface area contributed by atoms with Crippen molar-refractivity contribution in [2.75, 3.05) is 12.0 Å². The Labute approximate surface area is 110 Å². The SMILES string of the molecule is Cc1ccc(C2=NN/C(=N/S(C)(=O)=O)SC2)cc1. The molecule has 1 aliphatic heterocycles. The van der Waals surface area contributed by atoms with Crippen molar-refractivity contribution < 1.29 is 8.42 Å². The summed E-state index contributed by atoms with van der Waals surface area (Å²) >= 11 is 1.33. The largest absolute Gasteiger partial charge is 0.255 e. The fourth-order valence-corrected chi connectivity index (χ4v) is 2.98.